The molecule has 0 fully saturated rings. The molecule has 0 bridgehead atoms. The molecule has 0 radical (unpaired) electrons. The molecule has 1 heterocycles. The van der Waals surface area contributed by atoms with Crippen LogP contribution < -0.4 is 5.73 Å². The van der Waals surface area contributed by atoms with Gasteiger partial charge in [-0.2, -0.15) is 0 Å². The summed E-state index contributed by atoms with van der Waals surface area (Å²) in [5, 5.41) is 12.1. The average Bonchev–Trinajstić information content (AvgIpc) is 2.41. The lowest BCUT2D eigenvalue weighted by Gasteiger charge is -2.05. The number of aromatic nitrogens is 2. The van der Waals surface area contributed by atoms with Crippen molar-refractivity contribution in [2.75, 3.05) is 0 Å². The predicted molar refractivity (Wildman–Crippen MR) is 65.1 cm³/mol. The second-order valence-electron chi connectivity index (χ2n) is 3.28. The van der Waals surface area contributed by atoms with Gasteiger partial charge in [0.15, 0.2) is 5.84 Å². The van der Waals surface area contributed by atoms with Gasteiger partial charge in [-0.05, 0) is 24.3 Å². The zero-order valence-corrected chi connectivity index (χ0v) is 9.93. The van der Waals surface area contributed by atoms with Crippen molar-refractivity contribution in [1.82, 2.24) is 9.97 Å². The van der Waals surface area contributed by atoms with Gasteiger partial charge in [-0.25, -0.2) is 14.4 Å². The van der Waals surface area contributed by atoms with E-state index in [4.69, 9.17) is 10.9 Å². The van der Waals surface area contributed by atoms with Crippen LogP contribution in [-0.2, 0) is 0 Å². The van der Waals surface area contributed by atoms with Crippen molar-refractivity contribution in [2.24, 2.45) is 10.9 Å². The molecule has 0 atom stereocenters. The highest BCUT2D eigenvalue weighted by molar-refractivity contribution is 7.99. The monoisotopic (exact) mass is 264 g/mol. The highest BCUT2D eigenvalue weighted by Gasteiger charge is 2.10. The van der Waals surface area contributed by atoms with E-state index in [1.807, 2.05) is 0 Å². The SMILES string of the molecule is N/C(=N/O)c1cncnc1Sc1ccc(F)cc1. The zero-order valence-electron chi connectivity index (χ0n) is 9.12. The van der Waals surface area contributed by atoms with E-state index in [0.717, 1.165) is 4.90 Å². The number of rotatable bonds is 3. The first kappa shape index (κ1) is 12.3. The van der Waals surface area contributed by atoms with Crippen molar-refractivity contribution >= 4 is 17.6 Å². The van der Waals surface area contributed by atoms with Gasteiger partial charge in [0.2, 0.25) is 0 Å². The Labute approximate surface area is 107 Å². The number of amidine groups is 1. The van der Waals surface area contributed by atoms with Crippen LogP contribution in [0.4, 0.5) is 4.39 Å². The maximum absolute atomic E-state index is 12.8. The molecular weight excluding hydrogens is 255 g/mol. The number of hydrogen-bond donors (Lipinski definition) is 2. The van der Waals surface area contributed by atoms with E-state index in [9.17, 15) is 4.39 Å². The molecule has 0 aliphatic heterocycles. The first-order chi connectivity index (χ1) is 8.70. The third kappa shape index (κ3) is 2.75. The van der Waals surface area contributed by atoms with Crippen molar-refractivity contribution in [3.8, 4) is 0 Å². The van der Waals surface area contributed by atoms with E-state index in [0.29, 0.717) is 10.6 Å². The number of nitrogens with two attached hydrogens (primary N) is 1. The molecule has 2 aromatic rings. The van der Waals surface area contributed by atoms with Crippen molar-refractivity contribution < 1.29 is 9.60 Å². The molecule has 1 aromatic carbocycles. The number of hydrogen-bond acceptors (Lipinski definition) is 5. The van der Waals surface area contributed by atoms with Crippen LogP contribution in [-0.4, -0.2) is 21.0 Å². The summed E-state index contributed by atoms with van der Waals surface area (Å²) in [5.74, 6) is -0.376. The quantitative estimate of drug-likeness (QED) is 0.290. The van der Waals surface area contributed by atoms with Crippen LogP contribution >= 0.6 is 11.8 Å². The number of benzene rings is 1. The molecule has 92 valence electrons. The maximum Gasteiger partial charge on any atom is 0.174 e. The Hall–Kier alpha value is -2.15. The van der Waals surface area contributed by atoms with Gasteiger partial charge in [0, 0.05) is 11.1 Å². The molecule has 1 aromatic heterocycles. The minimum atomic E-state index is -0.307. The molecule has 0 aliphatic carbocycles. The lowest BCUT2D eigenvalue weighted by Crippen LogP contribution is -2.15. The van der Waals surface area contributed by atoms with Gasteiger partial charge in [0.25, 0.3) is 0 Å². The smallest absolute Gasteiger partial charge is 0.174 e. The summed E-state index contributed by atoms with van der Waals surface area (Å²) < 4.78 is 12.8. The van der Waals surface area contributed by atoms with Crippen molar-refractivity contribution in [1.29, 1.82) is 0 Å². The van der Waals surface area contributed by atoms with Crippen molar-refractivity contribution in [3.63, 3.8) is 0 Å². The van der Waals surface area contributed by atoms with Crippen LogP contribution in [0.5, 0.6) is 0 Å². The van der Waals surface area contributed by atoms with Gasteiger partial charge in [-0.1, -0.05) is 16.9 Å². The molecule has 3 N–H and O–H groups in total. The van der Waals surface area contributed by atoms with Gasteiger partial charge < -0.3 is 10.9 Å². The summed E-state index contributed by atoms with van der Waals surface area (Å²) in [6.45, 7) is 0. The molecule has 0 saturated carbocycles. The summed E-state index contributed by atoms with van der Waals surface area (Å²) >= 11 is 1.28. The Kier molecular flexibility index (Phi) is 3.73. The van der Waals surface area contributed by atoms with Gasteiger partial charge >= 0.3 is 0 Å². The zero-order chi connectivity index (χ0) is 13.0. The largest absolute Gasteiger partial charge is 0.409 e. The lowest BCUT2D eigenvalue weighted by molar-refractivity contribution is 0.318. The van der Waals surface area contributed by atoms with Gasteiger partial charge in [-0.3, -0.25) is 0 Å². The molecule has 0 amide bonds. The fourth-order valence-corrected chi connectivity index (χ4v) is 2.11. The van der Waals surface area contributed by atoms with Crippen LogP contribution in [0.3, 0.4) is 0 Å². The standard InChI is InChI=1S/C11H9FN4OS/c12-7-1-3-8(4-2-7)18-11-9(10(13)16-17)5-14-6-15-11/h1-6,17H,(H2,13,16). The fourth-order valence-electron chi connectivity index (χ4n) is 1.24. The van der Waals surface area contributed by atoms with E-state index in [1.54, 1.807) is 12.1 Å². The minimum absolute atomic E-state index is 0.0692. The van der Waals surface area contributed by atoms with Crippen LogP contribution in [0.2, 0.25) is 0 Å². The Morgan fingerprint density at radius 1 is 1.33 bits per heavy atom. The normalized spacial score (nSPS) is 11.5. The number of oxime groups is 1. The molecule has 0 aliphatic rings. The summed E-state index contributed by atoms with van der Waals surface area (Å²) in [6.07, 6.45) is 2.81. The Morgan fingerprint density at radius 2 is 2.06 bits per heavy atom. The molecule has 18 heavy (non-hydrogen) atoms. The average molecular weight is 264 g/mol. The maximum atomic E-state index is 12.8. The highest BCUT2D eigenvalue weighted by Crippen LogP contribution is 2.28. The number of halogens is 1. The Balaban J connectivity index is 2.32. The summed E-state index contributed by atoms with van der Waals surface area (Å²) in [6, 6.07) is 5.95. The van der Waals surface area contributed by atoms with Crippen LogP contribution in [0.15, 0.2) is 51.9 Å². The Morgan fingerprint density at radius 3 is 2.72 bits per heavy atom. The van der Waals surface area contributed by atoms with Gasteiger partial charge in [0.05, 0.1) is 5.56 Å². The third-order valence-corrected chi connectivity index (χ3v) is 3.11. The van der Waals surface area contributed by atoms with Crippen molar-refractivity contribution in [3.05, 3.63) is 48.2 Å². The molecule has 5 nitrogen and oxygen atoms in total. The third-order valence-electron chi connectivity index (χ3n) is 2.09. The first-order valence-corrected chi connectivity index (χ1v) is 5.73. The minimum Gasteiger partial charge on any atom is -0.409 e. The van der Waals surface area contributed by atoms with Crippen molar-refractivity contribution in [2.45, 2.75) is 9.92 Å². The topological polar surface area (TPSA) is 84.4 Å². The molecule has 0 unspecified atom stereocenters. The predicted octanol–water partition coefficient (Wildman–Crippen LogP) is 1.86. The summed E-state index contributed by atoms with van der Waals surface area (Å²) in [5.41, 5.74) is 5.94. The van der Waals surface area contributed by atoms with E-state index in [1.165, 1.54) is 36.4 Å². The summed E-state index contributed by atoms with van der Waals surface area (Å²) in [4.78, 5) is 8.66. The van der Waals surface area contributed by atoms with Crippen LogP contribution in [0, 0.1) is 5.82 Å². The van der Waals surface area contributed by atoms with Crippen LogP contribution in [0.25, 0.3) is 0 Å². The second kappa shape index (κ2) is 5.46. The first-order valence-electron chi connectivity index (χ1n) is 4.92. The van der Waals surface area contributed by atoms with E-state index < -0.39 is 0 Å². The van der Waals surface area contributed by atoms with Gasteiger partial charge in [0.1, 0.15) is 17.2 Å². The lowest BCUT2D eigenvalue weighted by atomic mass is 10.3. The molecule has 7 heteroatoms. The number of nitrogens with zero attached hydrogens (tertiary/aromatic N) is 3. The highest BCUT2D eigenvalue weighted by atomic mass is 32.2. The Bertz CT molecular complexity index is 574. The van der Waals surface area contributed by atoms with Crippen LogP contribution in [0.1, 0.15) is 5.56 Å². The van der Waals surface area contributed by atoms with Gasteiger partial charge in [-0.15, -0.1) is 0 Å². The fraction of sp³-hybridized carbons (Fsp3) is 0. The van der Waals surface area contributed by atoms with E-state index >= 15 is 0 Å². The second-order valence-corrected chi connectivity index (χ2v) is 4.35. The molecule has 2 rings (SSSR count). The van der Waals surface area contributed by atoms with E-state index in [2.05, 4.69) is 15.1 Å². The van der Waals surface area contributed by atoms with E-state index in [-0.39, 0.29) is 11.7 Å². The summed E-state index contributed by atoms with van der Waals surface area (Å²) in [7, 11) is 0. The molecule has 0 spiro atoms. The molecular formula is C11H9FN4OS. The molecule has 0 saturated heterocycles.